The minimum atomic E-state index is -0.0303. The molecule has 0 radical (unpaired) electrons. The number of benzene rings is 12. The van der Waals surface area contributed by atoms with Crippen molar-refractivity contribution in [1.29, 1.82) is 0 Å². The van der Waals surface area contributed by atoms with Gasteiger partial charge in [0.15, 0.2) is 0 Å². The average Bonchev–Trinajstić information content (AvgIpc) is 3.65. The molecule has 382 valence electrons. The average molecular weight is 1020 g/mol. The summed E-state index contributed by atoms with van der Waals surface area (Å²) in [7, 11) is 0. The molecule has 0 spiro atoms. The number of anilines is 3. The van der Waals surface area contributed by atoms with E-state index in [-0.39, 0.29) is 10.8 Å². The summed E-state index contributed by atoms with van der Waals surface area (Å²) in [5.74, 6) is 0. The maximum Gasteiger partial charge on any atom is 0.0540 e. The largest absolute Gasteiger partial charge is 0.309 e. The van der Waals surface area contributed by atoms with Crippen molar-refractivity contribution in [2.45, 2.75) is 52.4 Å². The van der Waals surface area contributed by atoms with Crippen LogP contribution in [-0.4, -0.2) is 0 Å². The van der Waals surface area contributed by atoms with E-state index in [1.165, 1.54) is 83.1 Å². The molecule has 1 nitrogen and oxygen atoms in total. The first-order valence-electron chi connectivity index (χ1n) is 27.7. The maximum atomic E-state index is 2.50. The Hall–Kier alpha value is -9.30. The molecule has 79 heavy (non-hydrogen) atoms. The number of hydrogen-bond donors (Lipinski definition) is 0. The molecule has 0 unspecified atom stereocenters. The van der Waals surface area contributed by atoms with Gasteiger partial charge in [0, 0.05) is 16.8 Å². The van der Waals surface area contributed by atoms with E-state index in [1.54, 1.807) is 0 Å². The highest BCUT2D eigenvalue weighted by Gasteiger charge is 2.26. The molecule has 0 aliphatic heterocycles. The van der Waals surface area contributed by atoms with Crippen LogP contribution < -0.4 is 4.90 Å². The van der Waals surface area contributed by atoms with Gasteiger partial charge >= 0.3 is 0 Å². The highest BCUT2D eigenvalue weighted by molar-refractivity contribution is 6.09. The van der Waals surface area contributed by atoms with Crippen LogP contribution in [0.4, 0.5) is 17.1 Å². The van der Waals surface area contributed by atoms with Crippen LogP contribution in [0.5, 0.6) is 0 Å². The monoisotopic (exact) mass is 1020 g/mol. The molecule has 0 heterocycles. The van der Waals surface area contributed by atoms with E-state index in [9.17, 15) is 0 Å². The summed E-state index contributed by atoms with van der Waals surface area (Å²) >= 11 is 0. The zero-order chi connectivity index (χ0) is 54.1. The summed E-state index contributed by atoms with van der Waals surface area (Å²) in [5.41, 5.74) is 24.8. The molecule has 0 bridgehead atoms. The van der Waals surface area contributed by atoms with Crippen molar-refractivity contribution in [3.8, 4) is 89.0 Å². The van der Waals surface area contributed by atoms with Gasteiger partial charge in [-0.1, -0.05) is 296 Å². The second-order valence-electron chi connectivity index (χ2n) is 22.9. The Morgan fingerprint density at radius 2 is 0.608 bits per heavy atom. The molecule has 0 N–H and O–H groups in total. The first-order valence-corrected chi connectivity index (χ1v) is 27.7. The Morgan fingerprint density at radius 1 is 0.228 bits per heavy atom. The predicted molar refractivity (Wildman–Crippen MR) is 340 cm³/mol. The number of rotatable bonds is 11. The molecule has 0 aliphatic carbocycles. The highest BCUT2D eigenvalue weighted by Crippen LogP contribution is 2.50. The second kappa shape index (κ2) is 21.3. The third-order valence-electron chi connectivity index (χ3n) is 15.6. The van der Waals surface area contributed by atoms with E-state index in [0.717, 1.165) is 44.9 Å². The van der Waals surface area contributed by atoms with Crippen molar-refractivity contribution in [3.63, 3.8) is 0 Å². The van der Waals surface area contributed by atoms with Crippen LogP contribution in [0.3, 0.4) is 0 Å². The molecular formula is C78H65N. The van der Waals surface area contributed by atoms with E-state index in [1.807, 2.05) is 0 Å². The van der Waals surface area contributed by atoms with E-state index in [2.05, 4.69) is 332 Å². The van der Waals surface area contributed by atoms with E-state index in [4.69, 9.17) is 0 Å². The molecule has 1 heteroatoms. The standard InChI is InChI=1S/C78H65N/c1-77(2,3)61-50-60(51-62(53-61)78(4,5)6)66-40-24-32-58-33-25-41-72(76(58)66)71-39-21-23-43-75(71)79(63-47-44-54(45-48-63)59-46-49-65(56-28-12-8-13-29-56)73(52-59)57-30-14-9-15-31-57)74-42-22-20-38-70(74)69-37-19-18-36-68(69)67-35-17-16-34-64(67)55-26-10-7-11-27-55/h7-53H,1-6H3. The van der Waals surface area contributed by atoms with Crippen LogP contribution in [0.1, 0.15) is 52.7 Å². The SMILES string of the molecule is CC(C)(C)c1cc(-c2cccc3cccc(-c4ccccc4N(c4ccc(-c5ccc(-c6ccccc6)c(-c6ccccc6)c5)cc4)c4ccccc4-c4ccccc4-c4ccccc4-c4ccccc4)c23)cc(C(C)(C)C)c1. The van der Waals surface area contributed by atoms with Gasteiger partial charge in [0.2, 0.25) is 0 Å². The fourth-order valence-corrected chi connectivity index (χ4v) is 11.4. The Bertz CT molecular complexity index is 4080. The minimum absolute atomic E-state index is 0.0303. The van der Waals surface area contributed by atoms with Gasteiger partial charge in [-0.05, 0) is 141 Å². The molecule has 0 atom stereocenters. The summed E-state index contributed by atoms with van der Waals surface area (Å²) < 4.78 is 0. The summed E-state index contributed by atoms with van der Waals surface area (Å²) in [4.78, 5) is 2.50. The van der Waals surface area contributed by atoms with Crippen LogP contribution >= 0.6 is 0 Å². The van der Waals surface area contributed by atoms with Crippen LogP contribution in [0, 0.1) is 0 Å². The zero-order valence-electron chi connectivity index (χ0n) is 46.1. The molecular weight excluding hydrogens is 951 g/mol. The lowest BCUT2D eigenvalue weighted by molar-refractivity contribution is 0.569. The molecule has 0 fully saturated rings. The third kappa shape index (κ3) is 10.1. The summed E-state index contributed by atoms with van der Waals surface area (Å²) in [6.45, 7) is 14.0. The van der Waals surface area contributed by atoms with Gasteiger partial charge in [-0.25, -0.2) is 0 Å². The van der Waals surface area contributed by atoms with Crippen molar-refractivity contribution in [2.75, 3.05) is 4.90 Å². The van der Waals surface area contributed by atoms with Gasteiger partial charge < -0.3 is 4.90 Å². The smallest absolute Gasteiger partial charge is 0.0540 e. The normalized spacial score (nSPS) is 11.7. The van der Waals surface area contributed by atoms with Crippen LogP contribution in [0.2, 0.25) is 0 Å². The zero-order valence-corrected chi connectivity index (χ0v) is 46.1. The lowest BCUT2D eigenvalue weighted by Gasteiger charge is -2.31. The summed E-state index contributed by atoms with van der Waals surface area (Å²) in [6.07, 6.45) is 0. The molecule has 12 aromatic rings. The topological polar surface area (TPSA) is 3.24 Å². The molecule has 0 saturated carbocycles. The van der Waals surface area contributed by atoms with Crippen LogP contribution in [-0.2, 0) is 10.8 Å². The molecule has 0 aromatic heterocycles. The van der Waals surface area contributed by atoms with Gasteiger partial charge in [0.25, 0.3) is 0 Å². The quantitative estimate of drug-likeness (QED) is 0.125. The maximum absolute atomic E-state index is 2.50. The molecule has 12 aromatic carbocycles. The van der Waals surface area contributed by atoms with E-state index in [0.29, 0.717) is 0 Å². The van der Waals surface area contributed by atoms with Gasteiger partial charge in [-0.3, -0.25) is 0 Å². The predicted octanol–water partition coefficient (Wildman–Crippen LogP) is 22.2. The Balaban J connectivity index is 1.07. The lowest BCUT2D eigenvalue weighted by atomic mass is 9.78. The molecule has 0 aliphatic rings. The fraction of sp³-hybridized carbons (Fsp3) is 0.103. The van der Waals surface area contributed by atoms with Crippen molar-refractivity contribution >= 4 is 27.8 Å². The number of fused-ring (bicyclic) bond motifs is 1. The molecule has 12 rings (SSSR count). The minimum Gasteiger partial charge on any atom is -0.309 e. The van der Waals surface area contributed by atoms with Crippen molar-refractivity contribution in [2.24, 2.45) is 0 Å². The fourth-order valence-electron chi connectivity index (χ4n) is 11.4. The second-order valence-corrected chi connectivity index (χ2v) is 22.9. The Kier molecular flexibility index (Phi) is 13.6. The van der Waals surface area contributed by atoms with E-state index < -0.39 is 0 Å². The van der Waals surface area contributed by atoms with E-state index >= 15 is 0 Å². The molecule has 0 amide bonds. The van der Waals surface area contributed by atoms with Gasteiger partial charge in [-0.15, -0.1) is 0 Å². The van der Waals surface area contributed by atoms with Crippen LogP contribution in [0.25, 0.3) is 99.8 Å². The first-order chi connectivity index (χ1) is 38.5. The van der Waals surface area contributed by atoms with Gasteiger partial charge in [0.05, 0.1) is 11.4 Å². The van der Waals surface area contributed by atoms with Gasteiger partial charge in [-0.2, -0.15) is 0 Å². The summed E-state index contributed by atoms with van der Waals surface area (Å²) in [5, 5.41) is 2.45. The van der Waals surface area contributed by atoms with Crippen molar-refractivity contribution < 1.29 is 0 Å². The van der Waals surface area contributed by atoms with Crippen LogP contribution in [0.15, 0.2) is 285 Å². The lowest BCUT2D eigenvalue weighted by Crippen LogP contribution is -2.16. The number of nitrogens with zero attached hydrogens (tertiary/aromatic N) is 1. The molecule has 0 saturated heterocycles. The first kappa shape index (κ1) is 50.5. The number of para-hydroxylation sites is 2. The van der Waals surface area contributed by atoms with Gasteiger partial charge in [0.1, 0.15) is 0 Å². The Labute approximate surface area is 467 Å². The number of hydrogen-bond acceptors (Lipinski definition) is 1. The van der Waals surface area contributed by atoms with Crippen molar-refractivity contribution in [3.05, 3.63) is 296 Å². The third-order valence-corrected chi connectivity index (χ3v) is 15.6. The highest BCUT2D eigenvalue weighted by atomic mass is 15.1. The van der Waals surface area contributed by atoms with Crippen molar-refractivity contribution in [1.82, 2.24) is 0 Å². The summed E-state index contributed by atoms with van der Waals surface area (Å²) in [6, 6.07) is 105. The Morgan fingerprint density at radius 3 is 1.13 bits per heavy atom.